The van der Waals surface area contributed by atoms with Crippen molar-refractivity contribution in [1.29, 1.82) is 0 Å². The zero-order chi connectivity index (χ0) is 27.2. The minimum absolute atomic E-state index is 0. The zero-order valence-corrected chi connectivity index (χ0v) is 28.5. The van der Waals surface area contributed by atoms with Crippen LogP contribution in [0.2, 0.25) is 0 Å². The Morgan fingerprint density at radius 1 is 0.789 bits per heavy atom. The summed E-state index contributed by atoms with van der Waals surface area (Å²) in [5, 5.41) is 7.75. The van der Waals surface area contributed by atoms with Crippen LogP contribution >= 0.6 is 7.92 Å². The molecule has 0 fully saturated rings. The molecular weight excluding hydrogens is 533 g/mol. The fourth-order valence-electron chi connectivity index (χ4n) is 4.30. The van der Waals surface area contributed by atoms with Crippen LogP contribution in [-0.2, 0) is 19.5 Å². The van der Waals surface area contributed by atoms with Crippen LogP contribution in [0.5, 0.6) is 0 Å². The summed E-state index contributed by atoms with van der Waals surface area (Å²) in [7, 11) is -0.355. The second-order valence-electron chi connectivity index (χ2n) is 9.69. The van der Waals surface area contributed by atoms with E-state index in [1.165, 1.54) is 21.7 Å². The minimum Gasteiger partial charge on any atom is -0.688 e. The molecule has 0 saturated carbocycles. The van der Waals surface area contributed by atoms with E-state index in [9.17, 15) is 0 Å². The maximum Gasteiger partial charge on any atom is 2.00 e. The minimum atomic E-state index is -0.355. The number of aliphatic imine (C=N–C) groups is 1. The van der Waals surface area contributed by atoms with E-state index in [0.717, 1.165) is 36.2 Å². The molecule has 0 aliphatic rings. The van der Waals surface area contributed by atoms with Gasteiger partial charge in [0.2, 0.25) is 0 Å². The van der Waals surface area contributed by atoms with Crippen LogP contribution in [0.25, 0.3) is 5.32 Å². The van der Waals surface area contributed by atoms with Gasteiger partial charge >= 0.3 is 19.5 Å². The number of rotatable bonds is 11. The van der Waals surface area contributed by atoms with E-state index in [4.69, 9.17) is 10.3 Å². The third-order valence-corrected chi connectivity index (χ3v) is 8.69. The maximum atomic E-state index is 5.06. The first-order valence-corrected chi connectivity index (χ1v) is 15.0. The van der Waals surface area contributed by atoms with Gasteiger partial charge in [-0.3, -0.25) is 4.99 Å². The van der Waals surface area contributed by atoms with Gasteiger partial charge in [-0.2, -0.15) is 12.6 Å². The SMILES string of the molecule is CC(/C=C(/C)[N-]CCCP(c1ccccc1)c1ccccc1)=Nc1c(C(C)C)cccc1C(C)C.[CH2-]C.[Zn+2]. The van der Waals surface area contributed by atoms with E-state index in [-0.39, 0.29) is 27.4 Å². The topological polar surface area (TPSA) is 26.5 Å². The fourth-order valence-corrected chi connectivity index (χ4v) is 6.64. The number of hydrogen-bond acceptors (Lipinski definition) is 1. The van der Waals surface area contributed by atoms with Gasteiger partial charge < -0.3 is 12.2 Å². The second-order valence-corrected chi connectivity index (χ2v) is 12.0. The van der Waals surface area contributed by atoms with Crippen LogP contribution in [-0.4, -0.2) is 18.4 Å². The molecule has 38 heavy (non-hydrogen) atoms. The summed E-state index contributed by atoms with van der Waals surface area (Å²) >= 11 is 0. The molecule has 2 nitrogen and oxygen atoms in total. The van der Waals surface area contributed by atoms with Crippen molar-refractivity contribution < 1.29 is 19.5 Å². The first kappa shape index (κ1) is 34.0. The predicted octanol–water partition coefficient (Wildman–Crippen LogP) is 9.66. The molecule has 198 valence electrons. The molecule has 4 heteroatoms. The van der Waals surface area contributed by atoms with Gasteiger partial charge in [-0.25, -0.2) is 0 Å². The summed E-state index contributed by atoms with van der Waals surface area (Å²) in [5.74, 6) is 0.887. The van der Waals surface area contributed by atoms with Gasteiger partial charge in [0.1, 0.15) is 0 Å². The van der Waals surface area contributed by atoms with Crippen LogP contribution in [0.1, 0.15) is 77.8 Å². The smallest absolute Gasteiger partial charge is 0.688 e. The third-order valence-electron chi connectivity index (χ3n) is 6.09. The van der Waals surface area contributed by atoms with E-state index in [2.05, 4.69) is 133 Å². The largest absolute Gasteiger partial charge is 2.00 e. The molecule has 0 atom stereocenters. The van der Waals surface area contributed by atoms with Gasteiger partial charge in [-0.05, 0) is 54.6 Å². The Morgan fingerprint density at radius 3 is 1.71 bits per heavy atom. The number of allylic oxidation sites excluding steroid dienone is 2. The quantitative estimate of drug-likeness (QED) is 0.0713. The Morgan fingerprint density at radius 2 is 1.26 bits per heavy atom. The third kappa shape index (κ3) is 10.6. The predicted molar refractivity (Wildman–Crippen MR) is 169 cm³/mol. The van der Waals surface area contributed by atoms with Crippen LogP contribution in [0.15, 0.2) is 95.6 Å². The normalized spacial score (nSPS) is 11.8. The molecule has 0 spiro atoms. The first-order chi connectivity index (χ1) is 17.9. The maximum absolute atomic E-state index is 5.06. The summed E-state index contributed by atoms with van der Waals surface area (Å²) in [6.07, 6.45) is 4.34. The van der Waals surface area contributed by atoms with E-state index < -0.39 is 0 Å². The molecule has 0 aliphatic heterocycles. The molecule has 3 rings (SSSR count). The second kappa shape index (κ2) is 18.3. The Labute approximate surface area is 247 Å². The van der Waals surface area contributed by atoms with Crippen LogP contribution < -0.4 is 10.6 Å². The van der Waals surface area contributed by atoms with Gasteiger partial charge in [-0.15, -0.1) is 6.54 Å². The van der Waals surface area contributed by atoms with Gasteiger partial charge in [0.05, 0.1) is 5.69 Å². The van der Waals surface area contributed by atoms with E-state index in [0.29, 0.717) is 11.8 Å². The molecule has 0 radical (unpaired) electrons. The molecule has 0 amide bonds. The Balaban J connectivity index is 0.00000235. The molecule has 0 aromatic heterocycles. The van der Waals surface area contributed by atoms with Crippen LogP contribution in [0.3, 0.4) is 0 Å². The van der Waals surface area contributed by atoms with Gasteiger partial charge in [0.25, 0.3) is 0 Å². The average molecular weight is 578 g/mol. The van der Waals surface area contributed by atoms with Crippen molar-refractivity contribution in [2.45, 2.75) is 66.7 Å². The van der Waals surface area contributed by atoms with E-state index >= 15 is 0 Å². The standard InChI is InChI=1S/C32H40N2P.C2H5.Zn/c1-24(2)30-19-13-20-31(25(3)4)32(30)34-27(6)23-26(5)33-21-14-22-35(28-15-9-7-10-16-28)29-17-11-8-12-18-29;1-2;/h7-13,15-20,23-25H,14,21-22H2,1-6H3;1H2,2H3;/q2*-1;+2/b26-23-,34-27?;;. The van der Waals surface area contributed by atoms with Crippen LogP contribution in [0.4, 0.5) is 5.69 Å². The summed E-state index contributed by atoms with van der Waals surface area (Å²) in [5.41, 5.74) is 5.82. The summed E-state index contributed by atoms with van der Waals surface area (Å²) in [4.78, 5) is 5.06. The fraction of sp³-hybridized carbons (Fsp3) is 0.353. The van der Waals surface area contributed by atoms with Crippen molar-refractivity contribution in [2.75, 3.05) is 12.7 Å². The van der Waals surface area contributed by atoms with Crippen molar-refractivity contribution in [3.63, 3.8) is 0 Å². The van der Waals surface area contributed by atoms with Crippen LogP contribution in [0, 0.1) is 6.92 Å². The molecule has 0 aliphatic carbocycles. The molecule has 0 bridgehead atoms. The Hall–Kier alpha value is -2.08. The molecule has 3 aromatic carbocycles. The summed E-state index contributed by atoms with van der Waals surface area (Å²) in [6, 6.07) is 28.4. The molecule has 0 N–H and O–H groups in total. The summed E-state index contributed by atoms with van der Waals surface area (Å²) < 4.78 is 0. The average Bonchev–Trinajstić information content (AvgIpc) is 2.90. The zero-order valence-electron chi connectivity index (χ0n) is 24.6. The van der Waals surface area contributed by atoms with Crippen molar-refractivity contribution in [2.24, 2.45) is 4.99 Å². The van der Waals surface area contributed by atoms with Crippen molar-refractivity contribution in [1.82, 2.24) is 0 Å². The summed E-state index contributed by atoms with van der Waals surface area (Å²) in [6.45, 7) is 19.0. The van der Waals surface area contributed by atoms with Gasteiger partial charge in [-0.1, -0.05) is 126 Å². The van der Waals surface area contributed by atoms with E-state index in [1.54, 1.807) is 6.92 Å². The van der Waals surface area contributed by atoms with Gasteiger partial charge in [0.15, 0.2) is 0 Å². The Kier molecular flexibility index (Phi) is 16.3. The van der Waals surface area contributed by atoms with Gasteiger partial charge in [0, 0.05) is 5.71 Å². The number of hydrogen-bond donors (Lipinski definition) is 0. The van der Waals surface area contributed by atoms with Crippen molar-refractivity contribution in [3.8, 4) is 0 Å². The monoisotopic (exact) mass is 576 g/mol. The molecule has 0 saturated heterocycles. The number of para-hydroxylation sites is 1. The molecule has 0 heterocycles. The first-order valence-electron chi connectivity index (χ1n) is 13.5. The molecule has 3 aromatic rings. The molecule has 0 unspecified atom stereocenters. The van der Waals surface area contributed by atoms with Crippen molar-refractivity contribution in [3.05, 3.63) is 114 Å². The van der Waals surface area contributed by atoms with E-state index in [1.807, 2.05) is 0 Å². The number of benzene rings is 3. The molecular formula is C34H45N2PZn. The Bertz CT molecular complexity index is 1060. The number of nitrogens with zero attached hydrogens (tertiary/aromatic N) is 2. The van der Waals surface area contributed by atoms with Crippen molar-refractivity contribution >= 4 is 29.9 Å².